The Balaban J connectivity index is 1.32. The molecule has 11 nitrogen and oxygen atoms in total. The number of amides is 2. The normalized spacial score (nSPS) is 24.7. The molecule has 1 spiro atoms. The summed E-state index contributed by atoms with van der Waals surface area (Å²) in [6, 6.07) is 7.21. The van der Waals surface area contributed by atoms with Gasteiger partial charge >= 0.3 is 18.2 Å². The molecule has 2 aliphatic heterocycles. The van der Waals surface area contributed by atoms with Crippen LogP contribution in [0.25, 0.3) is 0 Å². The average molecular weight is 695 g/mol. The van der Waals surface area contributed by atoms with Gasteiger partial charge in [0.15, 0.2) is 6.17 Å². The number of nitriles is 1. The van der Waals surface area contributed by atoms with E-state index >= 15 is 4.39 Å². The summed E-state index contributed by atoms with van der Waals surface area (Å²) >= 11 is 6.57. The predicted molar refractivity (Wildman–Crippen MR) is 182 cm³/mol. The lowest BCUT2D eigenvalue weighted by Crippen LogP contribution is -2.56. The Kier molecular flexibility index (Phi) is 9.94. The van der Waals surface area contributed by atoms with Crippen LogP contribution in [-0.4, -0.2) is 89.0 Å². The third-order valence-corrected chi connectivity index (χ3v) is 10.5. The summed E-state index contributed by atoms with van der Waals surface area (Å²) in [5.41, 5.74) is 1.51. The maximum absolute atomic E-state index is 17.2. The second-order valence-electron chi connectivity index (χ2n) is 14.3. The van der Waals surface area contributed by atoms with Crippen LogP contribution in [0.5, 0.6) is 6.01 Å². The molecular formula is C36H44ClFN6O5. The number of carbonyl (C=O) groups is 2. The van der Waals surface area contributed by atoms with E-state index in [1.165, 1.54) is 6.08 Å². The molecule has 0 unspecified atom stereocenters. The number of hydrogen-bond donors (Lipinski definition) is 0. The van der Waals surface area contributed by atoms with Crippen LogP contribution in [0.1, 0.15) is 81.4 Å². The largest absolute Gasteiger partial charge is 0.461 e. The number of hydrogen-bond acceptors (Lipinski definition) is 9. The molecule has 0 bridgehead atoms. The van der Waals surface area contributed by atoms with Crippen molar-refractivity contribution in [1.82, 2.24) is 19.8 Å². The molecule has 4 aliphatic rings. The number of fused-ring (bicyclic) bond motifs is 3. The first-order chi connectivity index (χ1) is 23.5. The standard InChI is InChI=1S/C36H44ClFN6O5/c1-5-20-47-33(45)44-19-18-42(21-23(44)13-16-39)31-26-12-15-36(14-11-25-27(36)9-6-10-28(25)37)30(38)29(26)40-32(41-31)48-22-24-8-7-17-43(24)34(46)49-35(2,3)4/h5-6,9-10,23-24,30H,1,7-8,11-15,17-22H2,2-4H3/t23-,24-,30-,36+/m0/s1. The summed E-state index contributed by atoms with van der Waals surface area (Å²) in [4.78, 5) is 40.6. The van der Waals surface area contributed by atoms with E-state index in [9.17, 15) is 14.9 Å². The van der Waals surface area contributed by atoms with Gasteiger partial charge in [0.05, 0.1) is 30.3 Å². The van der Waals surface area contributed by atoms with Crippen LogP contribution in [0.3, 0.4) is 0 Å². The molecule has 1 aromatic heterocycles. The van der Waals surface area contributed by atoms with Gasteiger partial charge in [-0.1, -0.05) is 36.4 Å². The molecular weight excluding hydrogens is 651 g/mol. The third kappa shape index (κ3) is 6.87. The Bertz CT molecular complexity index is 1640. The van der Waals surface area contributed by atoms with Gasteiger partial charge in [0.1, 0.15) is 24.6 Å². The lowest BCUT2D eigenvalue weighted by molar-refractivity contribution is 0.0183. The zero-order valence-corrected chi connectivity index (χ0v) is 29.2. The van der Waals surface area contributed by atoms with Gasteiger partial charge in [0.25, 0.3) is 0 Å². The summed E-state index contributed by atoms with van der Waals surface area (Å²) in [6.45, 7) is 10.8. The highest BCUT2D eigenvalue weighted by molar-refractivity contribution is 6.31. The fourth-order valence-corrected chi connectivity index (χ4v) is 8.06. The SMILES string of the molecule is C=CCOC(=O)N1CCN(c2nc(OC[C@@H]3CCCN3C(=O)OC(C)(C)C)nc3c2CC[C@@]2(CCc4c(Cl)cccc42)[C@H]3F)C[C@@H]1CC#N. The molecule has 2 aromatic rings. The van der Waals surface area contributed by atoms with Crippen LogP contribution in [0.15, 0.2) is 30.9 Å². The molecule has 2 amide bonds. The van der Waals surface area contributed by atoms with Gasteiger partial charge in [-0.2, -0.15) is 15.2 Å². The van der Waals surface area contributed by atoms with Crippen LogP contribution in [0.2, 0.25) is 5.02 Å². The monoisotopic (exact) mass is 694 g/mol. The molecule has 6 rings (SSSR count). The Hall–Kier alpha value is -4.11. The predicted octanol–water partition coefficient (Wildman–Crippen LogP) is 6.48. The molecule has 13 heteroatoms. The Morgan fingerprint density at radius 1 is 1.12 bits per heavy atom. The third-order valence-electron chi connectivity index (χ3n) is 10.1. The van der Waals surface area contributed by atoms with Crippen molar-refractivity contribution in [3.05, 3.63) is 58.3 Å². The summed E-state index contributed by atoms with van der Waals surface area (Å²) in [5, 5.41) is 10.3. The lowest BCUT2D eigenvalue weighted by Gasteiger charge is -2.43. The smallest absolute Gasteiger partial charge is 0.410 e. The van der Waals surface area contributed by atoms with Crippen molar-refractivity contribution in [1.29, 1.82) is 5.26 Å². The zero-order chi connectivity index (χ0) is 34.9. The van der Waals surface area contributed by atoms with Gasteiger partial charge in [-0.3, -0.25) is 0 Å². The van der Waals surface area contributed by atoms with E-state index < -0.39 is 35.4 Å². The Morgan fingerprint density at radius 3 is 2.61 bits per heavy atom. The van der Waals surface area contributed by atoms with E-state index in [0.717, 1.165) is 24.0 Å². The highest BCUT2D eigenvalue weighted by Crippen LogP contribution is 2.56. The molecule has 0 saturated carbocycles. The summed E-state index contributed by atoms with van der Waals surface area (Å²) in [7, 11) is 0. The topological polar surface area (TPSA) is 121 Å². The second-order valence-corrected chi connectivity index (χ2v) is 14.7. The number of likely N-dealkylation sites (tertiary alicyclic amines) is 1. The fourth-order valence-electron chi connectivity index (χ4n) is 7.79. The lowest BCUT2D eigenvalue weighted by atomic mass is 9.68. The minimum Gasteiger partial charge on any atom is -0.461 e. The molecule has 1 aromatic carbocycles. The quantitative estimate of drug-likeness (QED) is 0.300. The molecule has 4 atom stereocenters. The molecule has 262 valence electrons. The summed E-state index contributed by atoms with van der Waals surface area (Å²) in [5.74, 6) is 0.541. The molecule has 49 heavy (non-hydrogen) atoms. The van der Waals surface area contributed by atoms with E-state index in [2.05, 4.69) is 12.6 Å². The van der Waals surface area contributed by atoms with E-state index in [1.54, 1.807) is 9.80 Å². The van der Waals surface area contributed by atoms with Crippen molar-refractivity contribution in [2.45, 2.75) is 95.0 Å². The van der Waals surface area contributed by atoms with E-state index in [1.807, 2.05) is 43.9 Å². The first-order valence-electron chi connectivity index (χ1n) is 17.1. The van der Waals surface area contributed by atoms with Crippen LogP contribution < -0.4 is 9.64 Å². The van der Waals surface area contributed by atoms with Gasteiger partial charge in [-0.25, -0.2) is 14.0 Å². The van der Waals surface area contributed by atoms with Gasteiger partial charge in [-0.05, 0) is 76.5 Å². The van der Waals surface area contributed by atoms with Gasteiger partial charge in [-0.15, -0.1) is 0 Å². The maximum atomic E-state index is 17.2. The summed E-state index contributed by atoms with van der Waals surface area (Å²) < 4.78 is 34.4. The maximum Gasteiger partial charge on any atom is 0.410 e. The Morgan fingerprint density at radius 2 is 1.88 bits per heavy atom. The fraction of sp³-hybridized carbons (Fsp3) is 0.583. The van der Waals surface area contributed by atoms with E-state index in [4.69, 9.17) is 35.8 Å². The molecule has 3 heterocycles. The molecule has 0 N–H and O–H groups in total. The van der Waals surface area contributed by atoms with Gasteiger partial charge in [0, 0.05) is 42.2 Å². The van der Waals surface area contributed by atoms with Gasteiger partial charge in [0.2, 0.25) is 0 Å². The van der Waals surface area contributed by atoms with E-state index in [-0.39, 0.29) is 31.7 Å². The first-order valence-corrected chi connectivity index (χ1v) is 17.4. The van der Waals surface area contributed by atoms with Crippen LogP contribution in [0, 0.1) is 11.3 Å². The van der Waals surface area contributed by atoms with Crippen molar-refractivity contribution in [3.63, 3.8) is 0 Å². The molecule has 2 saturated heterocycles. The van der Waals surface area contributed by atoms with Crippen molar-refractivity contribution >= 4 is 29.6 Å². The van der Waals surface area contributed by atoms with Gasteiger partial charge < -0.3 is 28.9 Å². The number of piperazine rings is 1. The minimum absolute atomic E-state index is 0.0264. The number of halogens is 2. The number of nitrogens with zero attached hydrogens (tertiary/aromatic N) is 6. The Labute approximate surface area is 292 Å². The number of anilines is 1. The second kappa shape index (κ2) is 14.0. The number of aromatic nitrogens is 2. The minimum atomic E-state index is -1.44. The molecule has 0 radical (unpaired) electrons. The van der Waals surface area contributed by atoms with Crippen molar-refractivity contribution in [2.75, 3.05) is 44.3 Å². The van der Waals surface area contributed by atoms with Crippen molar-refractivity contribution in [2.24, 2.45) is 0 Å². The summed E-state index contributed by atoms with van der Waals surface area (Å²) in [6.07, 6.45) is 3.18. The highest BCUT2D eigenvalue weighted by atomic mass is 35.5. The number of alkyl halides is 1. The molecule has 2 aliphatic carbocycles. The highest BCUT2D eigenvalue weighted by Gasteiger charge is 2.51. The number of benzene rings is 1. The number of ether oxygens (including phenoxy) is 3. The molecule has 2 fully saturated rings. The van der Waals surface area contributed by atoms with Crippen LogP contribution in [-0.2, 0) is 27.7 Å². The first kappa shape index (κ1) is 34.7. The van der Waals surface area contributed by atoms with Crippen LogP contribution >= 0.6 is 11.6 Å². The van der Waals surface area contributed by atoms with Crippen LogP contribution in [0.4, 0.5) is 19.8 Å². The number of rotatable bonds is 7. The van der Waals surface area contributed by atoms with Crippen molar-refractivity contribution < 1.29 is 28.2 Å². The average Bonchev–Trinajstić information content (AvgIpc) is 3.70. The van der Waals surface area contributed by atoms with E-state index in [0.29, 0.717) is 74.0 Å². The number of carbonyl (C=O) groups excluding carboxylic acids is 2. The van der Waals surface area contributed by atoms with Crippen molar-refractivity contribution in [3.8, 4) is 12.1 Å². The zero-order valence-electron chi connectivity index (χ0n) is 28.4.